The zero-order chi connectivity index (χ0) is 50.8. The molecule has 0 saturated heterocycles. The van der Waals surface area contributed by atoms with Gasteiger partial charge in [-0.3, -0.25) is 19.6 Å². The molecule has 2 aliphatic rings. The first-order valence-corrected chi connectivity index (χ1v) is 24.1. The zero-order valence-corrected chi connectivity index (χ0v) is 40.6. The van der Waals surface area contributed by atoms with Crippen LogP contribution >= 0.6 is 0 Å². The van der Waals surface area contributed by atoms with Gasteiger partial charge in [0, 0.05) is 11.8 Å². The van der Waals surface area contributed by atoms with Crippen LogP contribution < -0.4 is 32.0 Å². The molecule has 0 amide bonds. The Morgan fingerprint density at radius 2 is 1.75 bits per heavy atom. The first-order valence-electron chi connectivity index (χ1n) is 24.1. The van der Waals surface area contributed by atoms with E-state index in [1.165, 1.54) is 37.6 Å². The molecular weight excluding hydrogens is 932 g/mol. The van der Waals surface area contributed by atoms with E-state index in [0.717, 1.165) is 53.5 Å². The summed E-state index contributed by atoms with van der Waals surface area (Å²) in [6, 6.07) is 22.0. The number of pyridine rings is 1. The molecule has 1 saturated carbocycles. The molecule has 9 aromatic rings. The quantitative estimate of drug-likeness (QED) is 0.0535. The van der Waals surface area contributed by atoms with E-state index in [4.69, 9.17) is 30.1 Å². The molecule has 1 aliphatic carbocycles. The van der Waals surface area contributed by atoms with Crippen molar-refractivity contribution in [2.75, 3.05) is 17.3 Å². The second-order valence-corrected chi connectivity index (χ2v) is 17.4. The lowest BCUT2D eigenvalue weighted by atomic mass is 10.1. The fourth-order valence-electron chi connectivity index (χ4n) is 8.97. The number of nitrogens with one attached hydrogen (secondary N) is 3. The van der Waals surface area contributed by atoms with Crippen molar-refractivity contribution in [3.63, 3.8) is 0 Å². The van der Waals surface area contributed by atoms with Gasteiger partial charge in [0.05, 0.1) is 67.6 Å². The molecule has 73 heavy (non-hydrogen) atoms. The first-order chi connectivity index (χ1) is 35.7. The number of hydrogen-bond acceptors (Lipinski definition) is 15. The Bertz CT molecular complexity index is 3510. The average molecular weight is 987 g/mol. The van der Waals surface area contributed by atoms with Gasteiger partial charge in [0.1, 0.15) is 57.8 Å². The van der Waals surface area contributed by atoms with Crippen molar-refractivity contribution >= 4 is 39.3 Å². The summed E-state index contributed by atoms with van der Waals surface area (Å²) in [5.74, 6) is 2.57. The van der Waals surface area contributed by atoms with Crippen molar-refractivity contribution in [2.45, 2.75) is 84.5 Å². The molecule has 1 atom stereocenters. The molecule has 0 radical (unpaired) electrons. The summed E-state index contributed by atoms with van der Waals surface area (Å²) in [5, 5.41) is 20.9. The van der Waals surface area contributed by atoms with Crippen LogP contribution in [0.5, 0.6) is 5.75 Å². The van der Waals surface area contributed by atoms with Crippen LogP contribution in [0.2, 0.25) is 0 Å². The Labute approximate surface area is 418 Å². The lowest BCUT2D eigenvalue weighted by Crippen LogP contribution is -2.34. The van der Waals surface area contributed by atoms with E-state index in [0.29, 0.717) is 94.5 Å². The van der Waals surface area contributed by atoms with Gasteiger partial charge in [0.2, 0.25) is 0 Å². The number of aliphatic hydroxyl groups excluding tert-OH is 1. The van der Waals surface area contributed by atoms with Crippen LogP contribution in [0.25, 0.3) is 39.0 Å². The van der Waals surface area contributed by atoms with E-state index >= 15 is 0 Å². The topological polar surface area (TPSA) is 250 Å². The number of aryl methyl sites for hydroxylation is 1. The van der Waals surface area contributed by atoms with Gasteiger partial charge < -0.3 is 30.0 Å². The van der Waals surface area contributed by atoms with E-state index in [2.05, 4.69) is 47.4 Å². The van der Waals surface area contributed by atoms with Crippen molar-refractivity contribution < 1.29 is 18.7 Å². The molecule has 1 fully saturated rings. The second kappa shape index (κ2) is 22.5. The minimum absolute atomic E-state index is 0.144. The van der Waals surface area contributed by atoms with E-state index in [9.17, 15) is 14.0 Å². The number of nitrogen functional groups attached to an aromatic ring is 1. The number of fused-ring (bicyclic) bond motifs is 3. The monoisotopic (exact) mass is 986 g/mol. The molecule has 1 unspecified atom stereocenters. The third kappa shape index (κ3) is 10.6. The standard InChI is InChI=1S/C20H25N5O2.C17H16N4O2.C16H14FN5O/c1-3-11-27-16-12-21-10-9-14(16)18-22-19-17(20(26)23-18)15(4-2)24-25(19)13-7-5-6-8-13;1-12(6-5-9-22)15-14-16(18-11-19-17(14)23)21(20-15)10-13-7-3-2-4-8-13;17-11-5-2-1-4-10(11)8-22-16-13(15(18)19-9-20-16)14(21-22)12-6-3-7-23-12/h9-10,12-13H,3-8,11H2,1-2H3,(H,22,23,26);2-9,11,22H,10H2,1H3,(H,18,19,23);1-7,9,14,21H,8H2,(H2,18,19,20)/b;9-5-,12-6+;. The number of furan rings is 1. The van der Waals surface area contributed by atoms with Crippen LogP contribution in [0.3, 0.4) is 0 Å². The predicted molar refractivity (Wildman–Crippen MR) is 276 cm³/mol. The second-order valence-electron chi connectivity index (χ2n) is 17.4. The predicted octanol–water partition coefficient (Wildman–Crippen LogP) is 8.70. The largest absolute Gasteiger partial charge is 0.516 e. The van der Waals surface area contributed by atoms with Gasteiger partial charge in [-0.2, -0.15) is 10.2 Å². The smallest absolute Gasteiger partial charge is 0.262 e. The van der Waals surface area contributed by atoms with Gasteiger partial charge in [-0.05, 0) is 74.1 Å². The summed E-state index contributed by atoms with van der Waals surface area (Å²) in [4.78, 5) is 52.2. The summed E-state index contributed by atoms with van der Waals surface area (Å²) in [7, 11) is 0. The van der Waals surface area contributed by atoms with Crippen LogP contribution in [-0.4, -0.2) is 66.2 Å². The van der Waals surface area contributed by atoms with Crippen molar-refractivity contribution in [3.8, 4) is 17.1 Å². The van der Waals surface area contributed by atoms with Gasteiger partial charge in [-0.15, -0.1) is 0 Å². The Balaban J connectivity index is 0.000000135. The molecule has 1 aliphatic heterocycles. The van der Waals surface area contributed by atoms with E-state index in [-0.39, 0.29) is 23.0 Å². The molecule has 20 heteroatoms. The molecule has 0 spiro atoms. The highest BCUT2D eigenvalue weighted by Crippen LogP contribution is 2.39. The van der Waals surface area contributed by atoms with Crippen molar-refractivity contribution in [1.29, 1.82) is 0 Å². The van der Waals surface area contributed by atoms with Crippen LogP contribution in [0.15, 0.2) is 137 Å². The number of benzene rings is 2. The number of halogens is 1. The highest BCUT2D eigenvalue weighted by molar-refractivity contribution is 5.87. The number of nitrogens with zero attached hydrogens (tertiary/aromatic N) is 10. The molecule has 374 valence electrons. The Hall–Kier alpha value is -8.78. The summed E-state index contributed by atoms with van der Waals surface area (Å²) in [5.41, 5.74) is 15.4. The van der Waals surface area contributed by atoms with Crippen molar-refractivity contribution in [1.82, 2.24) is 59.9 Å². The minimum atomic E-state index is -0.298. The highest BCUT2D eigenvalue weighted by Gasteiger charge is 2.35. The molecule has 2 aromatic carbocycles. The SMILES string of the molecule is C/C(=C\C=C/O)c1nn(Cc2ccccc2)c2nc[nH]c(=O)c12.CCCOc1cnccc1-c1nc2c(c(CC)nn2C2CCCC2)c(=O)[nH]1.Nc1ncnc2c1C(c1ccco1)NN2Cc1ccccc1F. The molecule has 19 nitrogen and oxygen atoms in total. The number of hydrogen-bond donors (Lipinski definition) is 5. The normalized spacial score (nSPS) is 14.6. The third-order valence-electron chi connectivity index (χ3n) is 12.5. The Kier molecular flexibility index (Phi) is 15.2. The van der Waals surface area contributed by atoms with Crippen LogP contribution in [0, 0.1) is 5.82 Å². The maximum absolute atomic E-state index is 13.9. The van der Waals surface area contributed by atoms with Gasteiger partial charge in [-0.25, -0.2) is 39.1 Å². The Morgan fingerprint density at radius 1 is 0.945 bits per heavy atom. The summed E-state index contributed by atoms with van der Waals surface area (Å²) in [6.45, 7) is 7.33. The lowest BCUT2D eigenvalue weighted by molar-refractivity contribution is 0.317. The number of aliphatic hydroxyl groups is 1. The molecule has 7 aromatic heterocycles. The van der Waals surface area contributed by atoms with Crippen molar-refractivity contribution in [2.24, 2.45) is 0 Å². The van der Waals surface area contributed by atoms with Crippen LogP contribution in [0.4, 0.5) is 16.0 Å². The number of nitrogens with two attached hydrogens (primary N) is 1. The number of ether oxygens (including phenoxy) is 1. The number of H-pyrrole nitrogens is 2. The number of anilines is 2. The van der Waals surface area contributed by atoms with Gasteiger partial charge in [-0.1, -0.05) is 81.3 Å². The van der Waals surface area contributed by atoms with Gasteiger partial charge in [0.25, 0.3) is 11.1 Å². The number of aromatic amines is 2. The molecule has 0 bridgehead atoms. The number of aromatic nitrogens is 11. The van der Waals surface area contributed by atoms with Gasteiger partial charge >= 0.3 is 0 Å². The number of hydrazine groups is 1. The van der Waals surface area contributed by atoms with Crippen LogP contribution in [-0.2, 0) is 19.5 Å². The molecule has 6 N–H and O–H groups in total. The van der Waals surface area contributed by atoms with Crippen molar-refractivity contribution in [3.05, 3.63) is 183 Å². The summed E-state index contributed by atoms with van der Waals surface area (Å²) >= 11 is 0. The zero-order valence-electron chi connectivity index (χ0n) is 40.6. The first kappa shape index (κ1) is 49.2. The highest BCUT2D eigenvalue weighted by atomic mass is 19.1. The Morgan fingerprint density at radius 3 is 2.51 bits per heavy atom. The fourth-order valence-corrected chi connectivity index (χ4v) is 8.97. The maximum atomic E-state index is 13.9. The number of allylic oxidation sites excluding steroid dienone is 3. The summed E-state index contributed by atoms with van der Waals surface area (Å²) < 4.78 is 28.9. The maximum Gasteiger partial charge on any atom is 0.262 e. The molecular formula is C53H55FN14O5. The fraction of sp³-hybridized carbons (Fsp3) is 0.264. The van der Waals surface area contributed by atoms with E-state index in [1.54, 1.807) is 58.7 Å². The third-order valence-corrected chi connectivity index (χ3v) is 12.5. The van der Waals surface area contributed by atoms with E-state index < -0.39 is 0 Å². The minimum Gasteiger partial charge on any atom is -0.516 e. The lowest BCUT2D eigenvalue weighted by Gasteiger charge is -2.19. The number of rotatable bonds is 13. The average Bonchev–Trinajstić information content (AvgIpc) is 4.28. The van der Waals surface area contributed by atoms with E-state index in [1.807, 2.05) is 61.0 Å². The summed E-state index contributed by atoms with van der Waals surface area (Å²) in [6.07, 6.45) is 18.0. The molecule has 11 rings (SSSR count). The molecule has 8 heterocycles. The van der Waals surface area contributed by atoms with Crippen LogP contribution in [0.1, 0.15) is 98.8 Å². The van der Waals surface area contributed by atoms with Gasteiger partial charge in [0.15, 0.2) is 17.1 Å².